The fourth-order valence-corrected chi connectivity index (χ4v) is 4.11. The Hall–Kier alpha value is -2.22. The molecule has 0 bridgehead atoms. The van der Waals surface area contributed by atoms with Crippen LogP contribution in [0.25, 0.3) is 0 Å². The van der Waals surface area contributed by atoms with Gasteiger partial charge in [-0.15, -0.1) is 0 Å². The van der Waals surface area contributed by atoms with Gasteiger partial charge >= 0.3 is 6.09 Å². The van der Waals surface area contributed by atoms with Crippen molar-refractivity contribution in [1.29, 1.82) is 0 Å². The van der Waals surface area contributed by atoms with Gasteiger partial charge in [0.15, 0.2) is 0 Å². The van der Waals surface area contributed by atoms with E-state index in [9.17, 15) is 9.59 Å². The van der Waals surface area contributed by atoms with Gasteiger partial charge in [0.2, 0.25) is 0 Å². The lowest BCUT2D eigenvalue weighted by Crippen LogP contribution is -2.41. The highest BCUT2D eigenvalue weighted by atomic mass is 16.6. The van der Waals surface area contributed by atoms with E-state index in [0.29, 0.717) is 37.2 Å². The molecule has 4 rings (SSSR count). The summed E-state index contributed by atoms with van der Waals surface area (Å²) in [6, 6.07) is 0.348. The lowest BCUT2D eigenvalue weighted by atomic mass is 10.2. The first-order chi connectivity index (χ1) is 13.7. The summed E-state index contributed by atoms with van der Waals surface area (Å²) in [6.07, 6.45) is 7.35. The lowest BCUT2D eigenvalue weighted by molar-refractivity contribution is 0.0757. The van der Waals surface area contributed by atoms with Crippen LogP contribution in [0.5, 0.6) is 0 Å². The number of likely N-dealkylation sites (tertiary alicyclic amines) is 1. The summed E-state index contributed by atoms with van der Waals surface area (Å²) >= 11 is 0. The molecule has 1 aromatic heterocycles. The molecule has 2 aliphatic heterocycles. The zero-order valence-corrected chi connectivity index (χ0v) is 16.5. The summed E-state index contributed by atoms with van der Waals surface area (Å²) in [6.45, 7) is 6.91. The summed E-state index contributed by atoms with van der Waals surface area (Å²) in [5.74, 6) is 1.38. The van der Waals surface area contributed by atoms with Gasteiger partial charge in [-0.25, -0.2) is 14.8 Å². The van der Waals surface area contributed by atoms with Crippen molar-refractivity contribution in [2.45, 2.75) is 44.6 Å². The predicted octanol–water partition coefficient (Wildman–Crippen LogP) is 1.73. The minimum atomic E-state index is -0.216. The SMILES string of the molecule is CCOC(=O)N1CCC(N2CCCN(C(=O)c3cnc(C4CC4)nc3)CC2)C1. The molecule has 3 aliphatic rings. The normalized spacial score (nSPS) is 23.5. The van der Waals surface area contributed by atoms with Crippen molar-refractivity contribution in [1.82, 2.24) is 24.7 Å². The summed E-state index contributed by atoms with van der Waals surface area (Å²) in [7, 11) is 0. The Kier molecular flexibility index (Phi) is 5.75. The van der Waals surface area contributed by atoms with Crippen LogP contribution in [0.1, 0.15) is 54.7 Å². The monoisotopic (exact) mass is 387 g/mol. The molecule has 3 fully saturated rings. The Bertz CT molecular complexity index is 706. The van der Waals surface area contributed by atoms with Gasteiger partial charge in [0.05, 0.1) is 12.2 Å². The van der Waals surface area contributed by atoms with E-state index in [1.807, 2.05) is 11.8 Å². The molecule has 8 heteroatoms. The number of ether oxygens (including phenoxy) is 1. The van der Waals surface area contributed by atoms with Gasteiger partial charge in [-0.3, -0.25) is 9.69 Å². The van der Waals surface area contributed by atoms with E-state index in [-0.39, 0.29) is 12.0 Å². The molecule has 0 spiro atoms. The third-order valence-corrected chi connectivity index (χ3v) is 5.88. The maximum absolute atomic E-state index is 12.8. The molecule has 3 heterocycles. The lowest BCUT2D eigenvalue weighted by Gasteiger charge is -2.27. The molecule has 0 radical (unpaired) electrons. The largest absolute Gasteiger partial charge is 0.450 e. The molecular weight excluding hydrogens is 358 g/mol. The van der Waals surface area contributed by atoms with E-state index in [1.165, 1.54) is 0 Å². The van der Waals surface area contributed by atoms with E-state index < -0.39 is 0 Å². The highest BCUT2D eigenvalue weighted by Gasteiger charge is 2.33. The van der Waals surface area contributed by atoms with Crippen molar-refractivity contribution in [2.75, 3.05) is 45.9 Å². The standard InChI is InChI=1S/C20H29N5O3/c1-2-28-20(27)25-9-6-17(14-25)23-7-3-8-24(11-10-23)19(26)16-12-21-18(22-13-16)15-4-5-15/h12-13,15,17H,2-11,14H2,1H3. The maximum atomic E-state index is 12.8. The summed E-state index contributed by atoms with van der Waals surface area (Å²) in [4.78, 5) is 39.7. The molecule has 28 heavy (non-hydrogen) atoms. The van der Waals surface area contributed by atoms with Gasteiger partial charge in [0.25, 0.3) is 5.91 Å². The molecule has 1 aromatic rings. The molecule has 1 saturated carbocycles. The van der Waals surface area contributed by atoms with Crippen molar-refractivity contribution < 1.29 is 14.3 Å². The Morgan fingerprint density at radius 1 is 1.04 bits per heavy atom. The quantitative estimate of drug-likeness (QED) is 0.783. The summed E-state index contributed by atoms with van der Waals surface area (Å²) < 4.78 is 5.11. The van der Waals surface area contributed by atoms with Crippen molar-refractivity contribution in [3.8, 4) is 0 Å². The first-order valence-corrected chi connectivity index (χ1v) is 10.4. The third kappa shape index (κ3) is 4.27. The van der Waals surface area contributed by atoms with Crippen LogP contribution in [0, 0.1) is 0 Å². The number of hydrogen-bond donors (Lipinski definition) is 0. The van der Waals surface area contributed by atoms with Crippen molar-refractivity contribution in [3.63, 3.8) is 0 Å². The minimum absolute atomic E-state index is 0.0174. The Morgan fingerprint density at radius 2 is 1.82 bits per heavy atom. The number of amides is 2. The summed E-state index contributed by atoms with van der Waals surface area (Å²) in [5, 5.41) is 0. The maximum Gasteiger partial charge on any atom is 0.409 e. The topological polar surface area (TPSA) is 78.9 Å². The number of rotatable bonds is 4. The third-order valence-electron chi connectivity index (χ3n) is 5.88. The zero-order chi connectivity index (χ0) is 19.5. The van der Waals surface area contributed by atoms with Crippen LogP contribution >= 0.6 is 0 Å². The second-order valence-electron chi connectivity index (χ2n) is 7.87. The first-order valence-electron chi connectivity index (χ1n) is 10.4. The highest BCUT2D eigenvalue weighted by molar-refractivity contribution is 5.93. The molecule has 0 N–H and O–H groups in total. The van der Waals surface area contributed by atoms with Gasteiger partial charge in [0, 0.05) is 63.6 Å². The Balaban J connectivity index is 1.31. The minimum Gasteiger partial charge on any atom is -0.450 e. The molecule has 0 aromatic carbocycles. The van der Waals surface area contributed by atoms with Crippen LogP contribution < -0.4 is 0 Å². The van der Waals surface area contributed by atoms with Gasteiger partial charge < -0.3 is 14.5 Å². The Morgan fingerprint density at radius 3 is 2.54 bits per heavy atom. The molecule has 2 saturated heterocycles. The number of aromatic nitrogens is 2. The molecule has 1 atom stereocenters. The van der Waals surface area contributed by atoms with Crippen LogP contribution in [0.2, 0.25) is 0 Å². The van der Waals surface area contributed by atoms with Gasteiger partial charge in [0.1, 0.15) is 5.82 Å². The molecular formula is C20H29N5O3. The van der Waals surface area contributed by atoms with Crippen molar-refractivity contribution in [3.05, 3.63) is 23.8 Å². The molecule has 152 valence electrons. The van der Waals surface area contributed by atoms with Crippen molar-refractivity contribution in [2.24, 2.45) is 0 Å². The molecule has 8 nitrogen and oxygen atoms in total. The highest BCUT2D eigenvalue weighted by Crippen LogP contribution is 2.37. The van der Waals surface area contributed by atoms with E-state index in [2.05, 4.69) is 14.9 Å². The summed E-state index contributed by atoms with van der Waals surface area (Å²) in [5.41, 5.74) is 0.576. The first kappa shape index (κ1) is 19.1. The van der Waals surface area contributed by atoms with Gasteiger partial charge in [-0.2, -0.15) is 0 Å². The van der Waals surface area contributed by atoms with E-state index >= 15 is 0 Å². The Labute approximate surface area is 165 Å². The second-order valence-corrected chi connectivity index (χ2v) is 7.87. The average Bonchev–Trinajstić information content (AvgIpc) is 3.50. The number of carbonyl (C=O) groups is 2. The van der Waals surface area contributed by atoms with Crippen LogP contribution in [0.15, 0.2) is 12.4 Å². The van der Waals surface area contributed by atoms with Gasteiger partial charge in [-0.05, 0) is 32.6 Å². The fraction of sp³-hybridized carbons (Fsp3) is 0.700. The number of nitrogens with zero attached hydrogens (tertiary/aromatic N) is 5. The van der Waals surface area contributed by atoms with Crippen LogP contribution in [0.3, 0.4) is 0 Å². The van der Waals surface area contributed by atoms with Crippen LogP contribution in [0.4, 0.5) is 4.79 Å². The fourth-order valence-electron chi connectivity index (χ4n) is 4.11. The van der Waals surface area contributed by atoms with Crippen molar-refractivity contribution >= 4 is 12.0 Å². The van der Waals surface area contributed by atoms with E-state index in [4.69, 9.17) is 4.74 Å². The van der Waals surface area contributed by atoms with E-state index in [1.54, 1.807) is 17.3 Å². The van der Waals surface area contributed by atoms with E-state index in [0.717, 1.165) is 57.7 Å². The number of hydrogen-bond acceptors (Lipinski definition) is 6. The van der Waals surface area contributed by atoms with Gasteiger partial charge in [-0.1, -0.05) is 0 Å². The number of carbonyl (C=O) groups excluding carboxylic acids is 2. The molecule has 1 unspecified atom stereocenters. The zero-order valence-electron chi connectivity index (χ0n) is 16.5. The van der Waals surface area contributed by atoms with Crippen LogP contribution in [-0.4, -0.2) is 88.6 Å². The van der Waals surface area contributed by atoms with Crippen LogP contribution in [-0.2, 0) is 4.74 Å². The second kappa shape index (κ2) is 8.43. The molecule has 2 amide bonds. The predicted molar refractivity (Wildman–Crippen MR) is 103 cm³/mol. The average molecular weight is 387 g/mol. The smallest absolute Gasteiger partial charge is 0.409 e. The molecule has 1 aliphatic carbocycles.